The van der Waals surface area contributed by atoms with Gasteiger partial charge in [-0.1, -0.05) is 59.3 Å². The highest BCUT2D eigenvalue weighted by molar-refractivity contribution is 5.87. The van der Waals surface area contributed by atoms with Crippen molar-refractivity contribution in [3.05, 3.63) is 23.3 Å². The molecule has 1 aliphatic heterocycles. The van der Waals surface area contributed by atoms with Gasteiger partial charge >= 0.3 is 11.9 Å². The fourth-order valence-corrected chi connectivity index (χ4v) is 13.0. The number of carboxylic acid groups (broad SMARTS) is 1. The van der Waals surface area contributed by atoms with Crippen LogP contribution in [-0.4, -0.2) is 121 Å². The van der Waals surface area contributed by atoms with Gasteiger partial charge in [0.05, 0.1) is 30.8 Å². The second-order valence-corrected chi connectivity index (χ2v) is 19.3. The lowest BCUT2D eigenvalue weighted by Crippen LogP contribution is -2.72. The molecular formula is C41H64O13. The summed E-state index contributed by atoms with van der Waals surface area (Å²) >= 11 is 0. The smallest absolute Gasteiger partial charge is 0.335 e. The number of aliphatic hydroxyl groups excluding tert-OH is 7. The van der Waals surface area contributed by atoms with Gasteiger partial charge in [-0.2, -0.15) is 0 Å². The van der Waals surface area contributed by atoms with E-state index in [-0.39, 0.29) is 35.2 Å². The third-order valence-corrected chi connectivity index (χ3v) is 16.6. The molecule has 13 heteroatoms. The Morgan fingerprint density at radius 3 is 2.17 bits per heavy atom. The minimum Gasteiger partial charge on any atom is -0.479 e. The monoisotopic (exact) mass is 764 g/mol. The zero-order valence-corrected chi connectivity index (χ0v) is 33.1. The molecule has 0 amide bonds. The van der Waals surface area contributed by atoms with E-state index in [0.29, 0.717) is 44.1 Å². The predicted molar refractivity (Wildman–Crippen MR) is 194 cm³/mol. The molecule has 5 aliphatic carbocycles. The Hall–Kier alpha value is -1.94. The van der Waals surface area contributed by atoms with Crippen LogP contribution >= 0.6 is 0 Å². The van der Waals surface area contributed by atoms with Crippen LogP contribution in [0.1, 0.15) is 100 Å². The van der Waals surface area contributed by atoms with Crippen LogP contribution in [0.3, 0.4) is 0 Å². The van der Waals surface area contributed by atoms with E-state index in [1.54, 1.807) is 19.9 Å². The highest BCUT2D eigenvalue weighted by Crippen LogP contribution is 2.76. The van der Waals surface area contributed by atoms with Crippen molar-refractivity contribution < 1.29 is 64.7 Å². The van der Waals surface area contributed by atoms with Gasteiger partial charge in [0.25, 0.3) is 0 Å². The third kappa shape index (κ3) is 5.65. The molecule has 0 aromatic carbocycles. The molecule has 0 spiro atoms. The van der Waals surface area contributed by atoms with Crippen molar-refractivity contribution >= 4 is 11.9 Å². The fourth-order valence-electron chi connectivity index (χ4n) is 13.0. The number of esters is 1. The summed E-state index contributed by atoms with van der Waals surface area (Å²) in [6.45, 7) is 15.4. The maximum Gasteiger partial charge on any atom is 0.335 e. The topological polar surface area (TPSA) is 224 Å². The normalized spacial score (nSPS) is 51.5. The number of fused-ring (bicyclic) bond motifs is 7. The van der Waals surface area contributed by atoms with Gasteiger partial charge < -0.3 is 55.1 Å². The number of carbonyl (C=O) groups excluding carboxylic acids is 1. The highest BCUT2D eigenvalue weighted by Gasteiger charge is 2.73. The fraction of sp³-hybridized carbons (Fsp3) is 0.854. The zero-order chi connectivity index (χ0) is 40.1. The Bertz CT molecular complexity index is 1540. The Morgan fingerprint density at radius 1 is 0.907 bits per heavy atom. The summed E-state index contributed by atoms with van der Waals surface area (Å²) in [6, 6.07) is 0. The van der Waals surface area contributed by atoms with Crippen LogP contribution < -0.4 is 0 Å². The number of rotatable bonds is 7. The molecule has 4 saturated carbocycles. The van der Waals surface area contributed by atoms with Gasteiger partial charge in [-0.05, 0) is 92.8 Å². The van der Waals surface area contributed by atoms with Crippen LogP contribution in [0.25, 0.3) is 0 Å². The lowest BCUT2D eigenvalue weighted by Gasteiger charge is -2.72. The molecular weight excluding hydrogens is 700 g/mol. The number of aliphatic hydroxyl groups is 7. The van der Waals surface area contributed by atoms with Crippen LogP contribution in [0.2, 0.25) is 0 Å². The van der Waals surface area contributed by atoms with Gasteiger partial charge in [-0.3, -0.25) is 0 Å². The molecule has 1 heterocycles. The Kier molecular flexibility index (Phi) is 10.7. The number of allylic oxidation sites excluding steroid dienone is 3. The molecule has 8 N–H and O–H groups in total. The molecule has 306 valence electrons. The molecule has 6 aliphatic rings. The van der Waals surface area contributed by atoms with Gasteiger partial charge in [-0.15, -0.1) is 0 Å². The second kappa shape index (κ2) is 13.9. The molecule has 1 saturated heterocycles. The average molecular weight is 765 g/mol. The lowest BCUT2D eigenvalue weighted by molar-refractivity contribution is -0.328. The second-order valence-electron chi connectivity index (χ2n) is 19.3. The highest BCUT2D eigenvalue weighted by atomic mass is 16.7. The molecule has 13 nitrogen and oxygen atoms in total. The first kappa shape index (κ1) is 41.7. The van der Waals surface area contributed by atoms with Crippen molar-refractivity contribution in [2.45, 2.75) is 155 Å². The molecule has 5 fully saturated rings. The largest absolute Gasteiger partial charge is 0.479 e. The summed E-state index contributed by atoms with van der Waals surface area (Å²) in [5.41, 5.74) is -2.46. The molecule has 0 aromatic rings. The molecule has 0 unspecified atom stereocenters. The Balaban J connectivity index is 1.32. The number of carbonyl (C=O) groups is 2. The summed E-state index contributed by atoms with van der Waals surface area (Å²) in [6.07, 6.45) is -4.63. The summed E-state index contributed by atoms with van der Waals surface area (Å²) in [5.74, 6) is -2.35. The Morgan fingerprint density at radius 2 is 1.57 bits per heavy atom. The summed E-state index contributed by atoms with van der Waals surface area (Å²) in [7, 11) is 0. The molecule has 0 aromatic heterocycles. The van der Waals surface area contributed by atoms with E-state index in [1.165, 1.54) is 0 Å². The molecule has 17 atom stereocenters. The van der Waals surface area contributed by atoms with Crippen LogP contribution in [0.5, 0.6) is 0 Å². The lowest BCUT2D eigenvalue weighted by atomic mass is 9.33. The van der Waals surface area contributed by atoms with Gasteiger partial charge in [0, 0.05) is 16.4 Å². The number of hydrogen-bond acceptors (Lipinski definition) is 12. The van der Waals surface area contributed by atoms with Gasteiger partial charge in [0.2, 0.25) is 0 Å². The number of hydrogen-bond donors (Lipinski definition) is 8. The SMILES string of the molecule is C/C=C(/C)C(=O)O[C@H]1[C@H](O)[C@]2(CO)[C@@H](O)C[C@]3(C)C(=CC[C@@H]4[C@@]5(C)CC[C@H](O[C@@H]6O[C@H](C(=O)O)[C@@H](O)[C@H](O)[C@H]6O)[C@@](C)(CO)[C@@H]5CC[C@]43C)[C@@H]2CC1(C)C. The molecule has 6 rings (SSSR count). The van der Waals surface area contributed by atoms with Crippen LogP contribution in [0, 0.1) is 50.2 Å². The summed E-state index contributed by atoms with van der Waals surface area (Å²) in [4.78, 5) is 24.8. The first-order valence-corrected chi connectivity index (χ1v) is 19.8. The minimum atomic E-state index is -1.84. The average Bonchev–Trinajstić information content (AvgIpc) is 3.10. The summed E-state index contributed by atoms with van der Waals surface area (Å²) in [5, 5.41) is 87.7. The maximum atomic E-state index is 13.0. The van der Waals surface area contributed by atoms with Crippen molar-refractivity contribution in [2.75, 3.05) is 13.2 Å². The molecule has 0 radical (unpaired) electrons. The van der Waals surface area contributed by atoms with E-state index in [0.717, 1.165) is 12.0 Å². The summed E-state index contributed by atoms with van der Waals surface area (Å²) < 4.78 is 17.7. The number of aliphatic carboxylic acids is 1. The van der Waals surface area contributed by atoms with E-state index < -0.39 is 95.3 Å². The standard InChI is InChI=1S/C41H64O13/c1-9-20(2)34(51)54-32-31(48)41(19-43)22(16-36(32,3)4)21-10-11-24-37(5)14-13-26(52-35-29(47)27(45)28(46)30(53-35)33(49)50)38(6,18-42)23(37)12-15-39(24,7)40(21,8)17-25(41)44/h9-10,22-32,35,42-48H,11-19H2,1-8H3,(H,49,50)/b20-9-/t22-,23+,24+,25-,26-,27-,28-,29+,30-,31-,32-,35+,37-,38-,39+,40+,41-/m0/s1. The maximum absolute atomic E-state index is 13.0. The number of ether oxygens (including phenoxy) is 3. The van der Waals surface area contributed by atoms with Crippen LogP contribution in [-0.2, 0) is 23.8 Å². The van der Waals surface area contributed by atoms with Crippen molar-refractivity contribution in [2.24, 2.45) is 50.2 Å². The van der Waals surface area contributed by atoms with Gasteiger partial charge in [-0.25, -0.2) is 9.59 Å². The van der Waals surface area contributed by atoms with Crippen molar-refractivity contribution in [3.8, 4) is 0 Å². The minimum absolute atomic E-state index is 0.0616. The Labute approximate surface area is 318 Å². The van der Waals surface area contributed by atoms with E-state index in [9.17, 15) is 50.4 Å². The first-order valence-electron chi connectivity index (χ1n) is 19.8. The van der Waals surface area contributed by atoms with E-state index in [1.807, 2.05) is 20.8 Å². The van der Waals surface area contributed by atoms with Gasteiger partial charge in [0.1, 0.15) is 30.5 Å². The van der Waals surface area contributed by atoms with Crippen LogP contribution in [0.4, 0.5) is 0 Å². The van der Waals surface area contributed by atoms with E-state index >= 15 is 0 Å². The van der Waals surface area contributed by atoms with Crippen molar-refractivity contribution in [3.63, 3.8) is 0 Å². The van der Waals surface area contributed by atoms with E-state index in [4.69, 9.17) is 14.2 Å². The van der Waals surface area contributed by atoms with Gasteiger partial charge in [0.15, 0.2) is 12.4 Å². The molecule has 0 bridgehead atoms. The third-order valence-electron chi connectivity index (χ3n) is 16.6. The first-order chi connectivity index (χ1) is 25.0. The van der Waals surface area contributed by atoms with Crippen molar-refractivity contribution in [1.29, 1.82) is 0 Å². The van der Waals surface area contributed by atoms with E-state index in [2.05, 4.69) is 26.8 Å². The number of carboxylic acids is 1. The zero-order valence-electron chi connectivity index (χ0n) is 33.1. The van der Waals surface area contributed by atoms with Crippen molar-refractivity contribution in [1.82, 2.24) is 0 Å². The van der Waals surface area contributed by atoms with Crippen LogP contribution in [0.15, 0.2) is 23.3 Å². The quantitative estimate of drug-likeness (QED) is 0.0809. The molecule has 54 heavy (non-hydrogen) atoms. The predicted octanol–water partition coefficient (Wildman–Crippen LogP) is 2.46.